The Morgan fingerprint density at radius 2 is 0.921 bits per heavy atom. The molecule has 6 heteroatoms. The van der Waals surface area contributed by atoms with E-state index in [0.29, 0.717) is 11.1 Å². The molecule has 0 fully saturated rings. The van der Waals surface area contributed by atoms with E-state index in [4.69, 9.17) is 0 Å². The second-order valence-electron chi connectivity index (χ2n) is 11.1. The maximum absolute atomic E-state index is 2.62. The zero-order chi connectivity index (χ0) is 24.5. The van der Waals surface area contributed by atoms with Gasteiger partial charge in [0.15, 0.2) is 0 Å². The second-order valence-corrected chi connectivity index (χ2v) is 15.9. The Labute approximate surface area is 259 Å². The number of aromatic nitrogens is 2. The van der Waals surface area contributed by atoms with Gasteiger partial charge < -0.3 is 33.9 Å². The van der Waals surface area contributed by atoms with Gasteiger partial charge in [0, 0.05) is 45.2 Å². The molecule has 2 unspecified atom stereocenters. The molecule has 2 aliphatic rings. The fourth-order valence-corrected chi connectivity index (χ4v) is 12.1. The van der Waals surface area contributed by atoms with Crippen molar-refractivity contribution in [2.45, 2.75) is 51.9 Å². The van der Waals surface area contributed by atoms with Gasteiger partial charge in [0.05, 0.1) is 8.07 Å². The molecule has 2 nitrogen and oxygen atoms in total. The van der Waals surface area contributed by atoms with Crippen molar-refractivity contribution >= 4 is 20.2 Å². The quantitative estimate of drug-likeness (QED) is 0.305. The van der Waals surface area contributed by atoms with E-state index in [1.807, 2.05) is 0 Å². The van der Waals surface area contributed by atoms with E-state index in [9.17, 15) is 0 Å². The summed E-state index contributed by atoms with van der Waals surface area (Å²) < 4.78 is 4.89. The van der Waals surface area contributed by atoms with Gasteiger partial charge >= 0.3 is 26.2 Å². The SMILES string of the molecule is CC1=Cc2c(cc(C)n2-c2ccccc2)C1[Si](C)(C)C1C(C)=Cc2c1cc(C)n2-c1ccccc1.[Cl-].[Cl-].[Zr+2]. The average Bonchev–Trinajstić information content (AvgIpc) is 3.50. The van der Waals surface area contributed by atoms with Gasteiger partial charge in [0.25, 0.3) is 0 Å². The van der Waals surface area contributed by atoms with E-state index in [0.717, 1.165) is 0 Å². The summed E-state index contributed by atoms with van der Waals surface area (Å²) in [4.78, 5) is 0. The van der Waals surface area contributed by atoms with Crippen molar-refractivity contribution in [1.29, 1.82) is 0 Å². The molecule has 0 N–H and O–H groups in total. The first-order valence-electron chi connectivity index (χ1n) is 12.7. The molecule has 194 valence electrons. The number of benzene rings is 2. The topological polar surface area (TPSA) is 9.86 Å². The van der Waals surface area contributed by atoms with Crippen molar-refractivity contribution in [2.75, 3.05) is 0 Å². The normalized spacial score (nSPS) is 17.4. The summed E-state index contributed by atoms with van der Waals surface area (Å²) in [6, 6.07) is 26.5. The van der Waals surface area contributed by atoms with Crippen LogP contribution in [0, 0.1) is 13.8 Å². The van der Waals surface area contributed by atoms with Gasteiger partial charge in [-0.15, -0.1) is 0 Å². The third-order valence-corrected chi connectivity index (χ3v) is 12.8. The van der Waals surface area contributed by atoms with Gasteiger partial charge in [0.2, 0.25) is 0 Å². The Balaban J connectivity index is 0.00000133. The molecular formula is C32H34Cl2N2SiZr. The molecule has 38 heavy (non-hydrogen) atoms. The molecule has 2 atom stereocenters. The van der Waals surface area contributed by atoms with Crippen molar-refractivity contribution in [3.05, 3.63) is 118 Å². The average molecular weight is 637 g/mol. The zero-order valence-corrected chi connectivity index (χ0v) is 27.9. The van der Waals surface area contributed by atoms with Crippen LogP contribution < -0.4 is 24.8 Å². The monoisotopic (exact) mass is 634 g/mol. The molecule has 2 aromatic carbocycles. The molecule has 0 radical (unpaired) electrons. The summed E-state index contributed by atoms with van der Waals surface area (Å²) >= 11 is 0. The molecular weight excluding hydrogens is 603 g/mol. The van der Waals surface area contributed by atoms with E-state index >= 15 is 0 Å². The fraction of sp³-hybridized carbons (Fsp3) is 0.250. The minimum Gasteiger partial charge on any atom is -1.00 e. The third-order valence-electron chi connectivity index (χ3n) is 8.29. The number of hydrogen-bond donors (Lipinski definition) is 0. The van der Waals surface area contributed by atoms with Crippen LogP contribution in [0.3, 0.4) is 0 Å². The molecule has 0 saturated carbocycles. The Morgan fingerprint density at radius 3 is 1.26 bits per heavy atom. The maximum Gasteiger partial charge on any atom is 2.00 e. The van der Waals surface area contributed by atoms with E-state index in [-0.39, 0.29) is 51.0 Å². The standard InChI is InChI=1S/C32H34N2Si.2ClH.Zr/c1-21-17-29-27(19-23(3)33(29)25-13-9-7-10-14-25)31(21)35(5,6)32-22(2)18-30-28(32)20-24(4)34(30)26-15-11-8-12-16-26;;;/h7-20,31-32H,1-6H3;2*1H;/q;;;+2/p-2. The summed E-state index contributed by atoms with van der Waals surface area (Å²) in [7, 11) is -1.85. The van der Waals surface area contributed by atoms with E-state index in [1.54, 1.807) is 0 Å². The van der Waals surface area contributed by atoms with E-state index in [1.165, 1.54) is 56.4 Å². The Kier molecular flexibility index (Phi) is 9.16. The van der Waals surface area contributed by atoms with E-state index in [2.05, 4.69) is 135 Å². The minimum atomic E-state index is -1.85. The molecule has 0 amide bonds. The number of halogens is 2. The van der Waals surface area contributed by atoms with Crippen LogP contribution >= 0.6 is 0 Å². The number of allylic oxidation sites excluding steroid dienone is 2. The first kappa shape index (κ1) is 30.7. The molecule has 2 heterocycles. The predicted molar refractivity (Wildman–Crippen MR) is 151 cm³/mol. The van der Waals surface area contributed by atoms with Gasteiger partial charge in [-0.1, -0.05) is 60.6 Å². The van der Waals surface area contributed by atoms with E-state index < -0.39 is 8.07 Å². The Hall–Kier alpha value is -1.84. The first-order valence-corrected chi connectivity index (χ1v) is 15.9. The number of nitrogens with zero attached hydrogens (tertiary/aromatic N) is 2. The Morgan fingerprint density at radius 1 is 0.579 bits per heavy atom. The van der Waals surface area contributed by atoms with Crippen LogP contribution in [-0.2, 0) is 26.2 Å². The van der Waals surface area contributed by atoms with Crippen LogP contribution in [0.4, 0.5) is 0 Å². The van der Waals surface area contributed by atoms with Crippen LogP contribution in [0.2, 0.25) is 13.1 Å². The van der Waals surface area contributed by atoms with Crippen molar-refractivity contribution in [2.24, 2.45) is 0 Å². The number of fused-ring (bicyclic) bond motifs is 2. The maximum atomic E-state index is 2.62. The van der Waals surface area contributed by atoms with Crippen LogP contribution in [0.1, 0.15) is 58.8 Å². The van der Waals surface area contributed by atoms with Crippen LogP contribution in [0.15, 0.2) is 83.9 Å². The van der Waals surface area contributed by atoms with Gasteiger partial charge in [-0.3, -0.25) is 0 Å². The summed E-state index contributed by atoms with van der Waals surface area (Å²) in [6.45, 7) is 14.5. The number of hydrogen-bond acceptors (Lipinski definition) is 0. The van der Waals surface area contributed by atoms with Crippen LogP contribution in [0.25, 0.3) is 23.5 Å². The first-order chi connectivity index (χ1) is 16.8. The van der Waals surface area contributed by atoms with Crippen molar-refractivity contribution in [1.82, 2.24) is 9.13 Å². The molecule has 0 bridgehead atoms. The van der Waals surface area contributed by atoms with Crippen molar-refractivity contribution in [3.63, 3.8) is 0 Å². The fourth-order valence-electron chi connectivity index (χ4n) is 7.19. The minimum absolute atomic E-state index is 0. The summed E-state index contributed by atoms with van der Waals surface area (Å²) in [6.07, 6.45) is 4.92. The molecule has 6 rings (SSSR count). The molecule has 2 aliphatic carbocycles. The zero-order valence-electron chi connectivity index (χ0n) is 22.9. The summed E-state index contributed by atoms with van der Waals surface area (Å²) in [5, 5.41) is 0. The Bertz CT molecular complexity index is 1400. The summed E-state index contributed by atoms with van der Waals surface area (Å²) in [5.41, 5.74) is 15.1. The van der Waals surface area contributed by atoms with Gasteiger partial charge in [-0.05, 0) is 87.4 Å². The molecule has 0 spiro atoms. The second kappa shape index (κ2) is 11.3. The number of aryl methyl sites for hydroxylation is 2. The molecule has 2 aromatic heterocycles. The van der Waals surface area contributed by atoms with Gasteiger partial charge in [-0.2, -0.15) is 0 Å². The number of rotatable bonds is 4. The summed E-state index contributed by atoms with van der Waals surface area (Å²) in [5.74, 6) is 0. The van der Waals surface area contributed by atoms with Crippen molar-refractivity contribution < 1.29 is 51.0 Å². The number of para-hydroxylation sites is 2. The van der Waals surface area contributed by atoms with Crippen LogP contribution in [0.5, 0.6) is 0 Å². The van der Waals surface area contributed by atoms with Crippen molar-refractivity contribution in [3.8, 4) is 11.4 Å². The smallest absolute Gasteiger partial charge is 1.00 e. The van der Waals surface area contributed by atoms with Crippen LogP contribution in [-0.4, -0.2) is 17.2 Å². The molecule has 4 aromatic rings. The molecule has 0 aliphatic heterocycles. The predicted octanol–water partition coefficient (Wildman–Crippen LogP) is 2.38. The third kappa shape index (κ3) is 4.62. The van der Waals surface area contributed by atoms with Gasteiger partial charge in [-0.25, -0.2) is 0 Å². The molecule has 0 saturated heterocycles. The van der Waals surface area contributed by atoms with Gasteiger partial charge in [0.1, 0.15) is 0 Å². The largest absolute Gasteiger partial charge is 2.00 e.